The van der Waals surface area contributed by atoms with Crippen molar-refractivity contribution in [2.24, 2.45) is 0 Å². The minimum Gasteiger partial charge on any atom is -0.354 e. The van der Waals surface area contributed by atoms with Crippen molar-refractivity contribution >= 4 is 23.6 Å². The third kappa shape index (κ3) is 8.10. The van der Waals surface area contributed by atoms with Crippen molar-refractivity contribution < 1.29 is 9.59 Å². The van der Waals surface area contributed by atoms with Gasteiger partial charge in [0.25, 0.3) is 0 Å². The third-order valence-electron chi connectivity index (χ3n) is 5.35. The van der Waals surface area contributed by atoms with Crippen LogP contribution in [-0.4, -0.2) is 35.1 Å². The number of hydrogen-bond acceptors (Lipinski definition) is 3. The van der Waals surface area contributed by atoms with Crippen LogP contribution in [-0.2, 0) is 28.3 Å². The zero-order valence-corrected chi connectivity index (χ0v) is 20.0. The molecular weight excluding hydrogens is 428 g/mol. The molecule has 1 N–H and O–H groups in total. The number of hydrogen-bond donors (Lipinski definition) is 1. The van der Waals surface area contributed by atoms with E-state index in [1.54, 1.807) is 16.7 Å². The monoisotopic (exact) mass is 460 g/mol. The summed E-state index contributed by atoms with van der Waals surface area (Å²) < 4.78 is 0. The summed E-state index contributed by atoms with van der Waals surface area (Å²) in [5.74, 6) is 0.969. The second kappa shape index (κ2) is 13.5. The number of rotatable bonds is 12. The molecule has 0 bridgehead atoms. The summed E-state index contributed by atoms with van der Waals surface area (Å²) >= 11 is 1.58. The Labute approximate surface area is 201 Å². The van der Waals surface area contributed by atoms with Crippen LogP contribution < -0.4 is 5.32 Å². The average molecular weight is 461 g/mol. The van der Waals surface area contributed by atoms with Crippen LogP contribution in [0.25, 0.3) is 0 Å². The van der Waals surface area contributed by atoms with Gasteiger partial charge >= 0.3 is 0 Å². The molecule has 33 heavy (non-hydrogen) atoms. The van der Waals surface area contributed by atoms with E-state index in [0.29, 0.717) is 25.3 Å². The molecule has 0 aliphatic heterocycles. The number of carbonyl (C=O) groups is 2. The first-order valence-corrected chi connectivity index (χ1v) is 12.6. The van der Waals surface area contributed by atoms with Crippen molar-refractivity contribution in [1.82, 2.24) is 10.2 Å². The number of carbonyl (C=O) groups excluding carboxylic acids is 2. The van der Waals surface area contributed by atoms with Crippen LogP contribution in [0.4, 0.5) is 0 Å². The molecule has 0 unspecified atom stereocenters. The Bertz CT molecular complexity index is 981. The number of nitrogens with one attached hydrogen (secondary N) is 1. The van der Waals surface area contributed by atoms with Crippen LogP contribution in [0.2, 0.25) is 0 Å². The fourth-order valence-corrected chi connectivity index (χ4v) is 4.48. The van der Waals surface area contributed by atoms with Gasteiger partial charge in [0.2, 0.25) is 11.8 Å². The van der Waals surface area contributed by atoms with Crippen LogP contribution in [0.15, 0.2) is 91.0 Å². The van der Waals surface area contributed by atoms with Crippen molar-refractivity contribution in [2.45, 2.75) is 38.1 Å². The molecular formula is C28H32N2O2S. The highest BCUT2D eigenvalue weighted by molar-refractivity contribution is 7.99. The predicted octanol–water partition coefficient (Wildman–Crippen LogP) is 5.09. The lowest BCUT2D eigenvalue weighted by molar-refractivity contribution is -0.139. The van der Waals surface area contributed by atoms with E-state index in [2.05, 4.69) is 17.4 Å². The van der Waals surface area contributed by atoms with E-state index in [1.165, 1.54) is 5.56 Å². The Kier molecular flexibility index (Phi) is 10.0. The summed E-state index contributed by atoms with van der Waals surface area (Å²) in [5.41, 5.74) is 3.24. The molecule has 0 saturated heterocycles. The largest absolute Gasteiger partial charge is 0.354 e. The van der Waals surface area contributed by atoms with Crippen LogP contribution in [0, 0.1) is 0 Å². The van der Waals surface area contributed by atoms with Gasteiger partial charge in [-0.3, -0.25) is 9.59 Å². The highest BCUT2D eigenvalue weighted by Crippen LogP contribution is 2.18. The van der Waals surface area contributed by atoms with Crippen LogP contribution in [0.3, 0.4) is 0 Å². The second-order valence-corrected chi connectivity index (χ2v) is 8.97. The van der Waals surface area contributed by atoms with Gasteiger partial charge < -0.3 is 10.2 Å². The molecule has 1 atom stereocenters. The van der Waals surface area contributed by atoms with E-state index >= 15 is 0 Å². The number of amides is 2. The van der Waals surface area contributed by atoms with Crippen molar-refractivity contribution in [3.05, 3.63) is 108 Å². The average Bonchev–Trinajstić information content (AvgIpc) is 2.86. The Morgan fingerprint density at radius 3 is 1.94 bits per heavy atom. The van der Waals surface area contributed by atoms with E-state index in [0.717, 1.165) is 23.3 Å². The molecule has 0 aliphatic rings. The zero-order valence-electron chi connectivity index (χ0n) is 19.2. The maximum Gasteiger partial charge on any atom is 0.243 e. The van der Waals surface area contributed by atoms with Crippen molar-refractivity contribution in [2.75, 3.05) is 12.3 Å². The summed E-state index contributed by atoms with van der Waals surface area (Å²) in [6, 6.07) is 29.4. The van der Waals surface area contributed by atoms with Gasteiger partial charge in [-0.2, -0.15) is 0 Å². The predicted molar refractivity (Wildman–Crippen MR) is 137 cm³/mol. The minimum absolute atomic E-state index is 0.0210. The van der Waals surface area contributed by atoms with Gasteiger partial charge in [-0.1, -0.05) is 97.9 Å². The fourth-order valence-electron chi connectivity index (χ4n) is 3.61. The van der Waals surface area contributed by atoms with E-state index < -0.39 is 6.04 Å². The highest BCUT2D eigenvalue weighted by Gasteiger charge is 2.30. The van der Waals surface area contributed by atoms with E-state index in [-0.39, 0.29) is 11.8 Å². The van der Waals surface area contributed by atoms with E-state index in [4.69, 9.17) is 0 Å². The fraction of sp³-hybridized carbons (Fsp3) is 0.286. The molecule has 0 radical (unpaired) electrons. The lowest BCUT2D eigenvalue weighted by Crippen LogP contribution is -2.51. The first-order chi connectivity index (χ1) is 16.2. The molecule has 172 valence electrons. The van der Waals surface area contributed by atoms with Crippen LogP contribution >= 0.6 is 11.8 Å². The van der Waals surface area contributed by atoms with Gasteiger partial charge in [-0.05, 0) is 23.1 Å². The molecule has 3 aromatic carbocycles. The summed E-state index contributed by atoms with van der Waals surface area (Å²) in [5, 5.41) is 3.02. The minimum atomic E-state index is -0.566. The standard InChI is InChI=1S/C28H32N2O2S/c1-2-18-29-28(32)26(19-23-12-6-3-7-13-23)30(20-24-14-8-4-9-15-24)27(31)22-33-21-25-16-10-5-11-17-25/h3-17,26H,2,18-22H2,1H3,(H,29,32)/t26-/m1/s1. The molecule has 5 heteroatoms. The summed E-state index contributed by atoms with van der Waals surface area (Å²) in [6.07, 6.45) is 1.33. The van der Waals surface area contributed by atoms with Crippen LogP contribution in [0.1, 0.15) is 30.0 Å². The Hall–Kier alpha value is -3.05. The van der Waals surface area contributed by atoms with Crippen LogP contribution in [0.5, 0.6) is 0 Å². The lowest BCUT2D eigenvalue weighted by Gasteiger charge is -2.31. The number of benzene rings is 3. The topological polar surface area (TPSA) is 49.4 Å². The quantitative estimate of drug-likeness (QED) is 0.410. The normalized spacial score (nSPS) is 11.5. The molecule has 0 heterocycles. The van der Waals surface area contributed by atoms with E-state index in [1.807, 2.05) is 85.8 Å². The Morgan fingerprint density at radius 2 is 1.36 bits per heavy atom. The lowest BCUT2D eigenvalue weighted by atomic mass is 10.0. The number of thioether (sulfide) groups is 1. The molecule has 0 aromatic heterocycles. The highest BCUT2D eigenvalue weighted by atomic mass is 32.2. The molecule has 3 aromatic rings. The van der Waals surface area contributed by atoms with Gasteiger partial charge in [0.15, 0.2) is 0 Å². The molecule has 4 nitrogen and oxygen atoms in total. The first-order valence-electron chi connectivity index (χ1n) is 11.4. The molecule has 0 aliphatic carbocycles. The van der Waals surface area contributed by atoms with Gasteiger partial charge in [0, 0.05) is 25.3 Å². The Balaban J connectivity index is 1.80. The van der Waals surface area contributed by atoms with Crippen molar-refractivity contribution in [1.29, 1.82) is 0 Å². The Morgan fingerprint density at radius 1 is 0.818 bits per heavy atom. The zero-order chi connectivity index (χ0) is 23.3. The van der Waals surface area contributed by atoms with Gasteiger partial charge in [0.1, 0.15) is 6.04 Å². The van der Waals surface area contributed by atoms with Gasteiger partial charge in [-0.15, -0.1) is 11.8 Å². The summed E-state index contributed by atoms with van der Waals surface area (Å²) in [7, 11) is 0. The molecule has 0 saturated carbocycles. The maximum atomic E-state index is 13.5. The third-order valence-corrected chi connectivity index (χ3v) is 6.34. The molecule has 0 spiro atoms. The van der Waals surface area contributed by atoms with Crippen molar-refractivity contribution in [3.8, 4) is 0 Å². The molecule has 3 rings (SSSR count). The summed E-state index contributed by atoms with van der Waals surface area (Å²) in [6.45, 7) is 3.03. The smallest absolute Gasteiger partial charge is 0.243 e. The van der Waals surface area contributed by atoms with Gasteiger partial charge in [0.05, 0.1) is 5.75 Å². The molecule has 2 amide bonds. The van der Waals surface area contributed by atoms with Gasteiger partial charge in [-0.25, -0.2) is 0 Å². The maximum absolute atomic E-state index is 13.5. The second-order valence-electron chi connectivity index (χ2n) is 7.98. The van der Waals surface area contributed by atoms with E-state index in [9.17, 15) is 9.59 Å². The SMILES string of the molecule is CCCNC(=O)[C@@H](Cc1ccccc1)N(Cc1ccccc1)C(=O)CSCc1ccccc1. The number of nitrogens with zero attached hydrogens (tertiary/aromatic N) is 1. The molecule has 0 fully saturated rings. The summed E-state index contributed by atoms with van der Waals surface area (Å²) in [4.78, 5) is 28.5. The van der Waals surface area contributed by atoms with Crippen molar-refractivity contribution in [3.63, 3.8) is 0 Å². The first kappa shape index (κ1) is 24.6.